The van der Waals surface area contributed by atoms with Crippen molar-refractivity contribution in [1.82, 2.24) is 25.2 Å². The molecule has 3 rings (SSSR count). The van der Waals surface area contributed by atoms with E-state index < -0.39 is 0 Å². The van der Waals surface area contributed by atoms with Crippen molar-refractivity contribution in [2.75, 3.05) is 0 Å². The number of hydrogen-bond donors (Lipinski definition) is 2. The van der Waals surface area contributed by atoms with Crippen molar-refractivity contribution < 1.29 is 0 Å². The minimum absolute atomic E-state index is 0.0865. The number of hydrogen-bond acceptors (Lipinski definition) is 5. The van der Waals surface area contributed by atoms with E-state index in [9.17, 15) is 0 Å². The maximum Gasteiger partial charge on any atom is 0.115 e. The van der Waals surface area contributed by atoms with Crippen molar-refractivity contribution in [1.29, 1.82) is 0 Å². The Morgan fingerprint density at radius 1 is 1.29 bits per heavy atom. The topological polar surface area (TPSA) is 81.7 Å². The molecule has 6 heteroatoms. The molecule has 0 aliphatic carbocycles. The van der Waals surface area contributed by atoms with Crippen LogP contribution in [0.4, 0.5) is 0 Å². The number of nitrogens with two attached hydrogens (primary N) is 1. The Balaban J connectivity index is 1.97. The summed E-state index contributed by atoms with van der Waals surface area (Å²) in [5, 5.41) is 5.86. The summed E-state index contributed by atoms with van der Waals surface area (Å²) in [6.07, 6.45) is 3.93. The van der Waals surface area contributed by atoms with E-state index in [0.29, 0.717) is 6.42 Å². The molecule has 2 aromatic heterocycles. The molecular weight excluding hydrogens is 264 g/mol. The van der Waals surface area contributed by atoms with Crippen molar-refractivity contribution in [3.8, 4) is 0 Å². The minimum atomic E-state index is -0.0865. The Morgan fingerprint density at radius 3 is 2.86 bits per heavy atom. The fourth-order valence-corrected chi connectivity index (χ4v) is 2.54. The molecule has 3 aromatic rings. The lowest BCUT2D eigenvalue weighted by atomic mass is 10.1. The van der Waals surface area contributed by atoms with Gasteiger partial charge in [-0.3, -0.25) is 16.0 Å². The number of rotatable bonds is 5. The zero-order chi connectivity index (χ0) is 14.7. The Morgan fingerprint density at radius 2 is 2.14 bits per heavy atom. The van der Waals surface area contributed by atoms with Crippen LogP contribution >= 0.6 is 0 Å². The van der Waals surface area contributed by atoms with Crippen LogP contribution in [0.2, 0.25) is 0 Å². The van der Waals surface area contributed by atoms with E-state index in [1.807, 2.05) is 22.9 Å². The van der Waals surface area contributed by atoms with Crippen LogP contribution in [0.3, 0.4) is 0 Å². The molecule has 0 saturated carbocycles. The first-order valence-corrected chi connectivity index (χ1v) is 7.00. The van der Waals surface area contributed by atoms with E-state index in [1.165, 1.54) is 6.33 Å². The predicted molar refractivity (Wildman–Crippen MR) is 81.2 cm³/mol. The molecule has 2 heterocycles. The van der Waals surface area contributed by atoms with Gasteiger partial charge < -0.3 is 0 Å². The predicted octanol–water partition coefficient (Wildman–Crippen LogP) is 1.59. The summed E-state index contributed by atoms with van der Waals surface area (Å²) in [5.74, 6) is 5.69. The van der Waals surface area contributed by atoms with Crippen LogP contribution in [0, 0.1) is 0 Å². The summed E-state index contributed by atoms with van der Waals surface area (Å²) in [6, 6.07) is 10.0. The number of nitrogens with zero attached hydrogens (tertiary/aromatic N) is 4. The molecule has 1 unspecified atom stereocenters. The Hall–Kier alpha value is -2.31. The van der Waals surface area contributed by atoms with Crippen LogP contribution in [0.1, 0.15) is 24.4 Å². The lowest BCUT2D eigenvalue weighted by Crippen LogP contribution is -2.30. The third kappa shape index (κ3) is 2.63. The average molecular weight is 282 g/mol. The van der Waals surface area contributed by atoms with Gasteiger partial charge in [-0.2, -0.15) is 5.10 Å². The molecule has 108 valence electrons. The van der Waals surface area contributed by atoms with Crippen molar-refractivity contribution >= 4 is 10.9 Å². The van der Waals surface area contributed by atoms with Gasteiger partial charge in [-0.15, -0.1) is 0 Å². The molecule has 0 fully saturated rings. The molecule has 1 atom stereocenters. The van der Waals surface area contributed by atoms with Gasteiger partial charge in [0.1, 0.15) is 6.33 Å². The highest BCUT2D eigenvalue weighted by atomic mass is 15.3. The van der Waals surface area contributed by atoms with Gasteiger partial charge in [0.15, 0.2) is 0 Å². The largest absolute Gasteiger partial charge is 0.271 e. The number of hydrazine groups is 1. The first-order chi connectivity index (χ1) is 10.3. The van der Waals surface area contributed by atoms with Crippen molar-refractivity contribution in [3.05, 3.63) is 54.2 Å². The second-order valence-electron chi connectivity index (χ2n) is 4.84. The monoisotopic (exact) mass is 282 g/mol. The Bertz CT molecular complexity index is 721. The van der Waals surface area contributed by atoms with Crippen molar-refractivity contribution in [2.45, 2.75) is 25.9 Å². The lowest BCUT2D eigenvalue weighted by Gasteiger charge is -2.13. The zero-order valence-electron chi connectivity index (χ0n) is 11.9. The molecule has 0 aliphatic rings. The van der Waals surface area contributed by atoms with Gasteiger partial charge in [-0.25, -0.2) is 9.97 Å². The molecule has 1 aromatic carbocycles. The highest BCUT2D eigenvalue weighted by molar-refractivity contribution is 5.82. The summed E-state index contributed by atoms with van der Waals surface area (Å²) >= 11 is 0. The molecule has 0 spiro atoms. The Labute approximate surface area is 123 Å². The zero-order valence-corrected chi connectivity index (χ0v) is 11.9. The van der Waals surface area contributed by atoms with Gasteiger partial charge in [0.2, 0.25) is 0 Å². The standard InChI is InChI=1S/C15H18N6/c1-2-21-15-6-4-3-5-11(15)13(20-21)9-14(19-16)12-7-8-17-10-18-12/h3-8,10,14,19H,2,9,16H2,1H3. The van der Waals surface area contributed by atoms with Crippen molar-refractivity contribution in [3.63, 3.8) is 0 Å². The maximum absolute atomic E-state index is 5.69. The van der Waals surface area contributed by atoms with Crippen LogP contribution in [0.25, 0.3) is 10.9 Å². The second kappa shape index (κ2) is 5.99. The van der Waals surface area contributed by atoms with E-state index >= 15 is 0 Å². The van der Waals surface area contributed by atoms with Gasteiger partial charge in [0, 0.05) is 24.5 Å². The van der Waals surface area contributed by atoms with Gasteiger partial charge in [0.25, 0.3) is 0 Å². The maximum atomic E-state index is 5.69. The fourth-order valence-electron chi connectivity index (χ4n) is 2.54. The third-order valence-corrected chi connectivity index (χ3v) is 3.59. The fraction of sp³-hybridized carbons (Fsp3) is 0.267. The van der Waals surface area contributed by atoms with Crippen LogP contribution in [-0.2, 0) is 13.0 Å². The van der Waals surface area contributed by atoms with Gasteiger partial charge in [0.05, 0.1) is 22.9 Å². The van der Waals surface area contributed by atoms with Crippen LogP contribution < -0.4 is 11.3 Å². The number of aryl methyl sites for hydroxylation is 1. The molecule has 6 nitrogen and oxygen atoms in total. The second-order valence-corrected chi connectivity index (χ2v) is 4.84. The quantitative estimate of drug-likeness (QED) is 0.548. The van der Waals surface area contributed by atoms with Gasteiger partial charge in [-0.1, -0.05) is 18.2 Å². The highest BCUT2D eigenvalue weighted by Crippen LogP contribution is 2.23. The number of benzene rings is 1. The summed E-state index contributed by atoms with van der Waals surface area (Å²) in [6.45, 7) is 2.93. The molecule has 0 radical (unpaired) electrons. The van der Waals surface area contributed by atoms with E-state index in [1.54, 1.807) is 6.20 Å². The number of para-hydroxylation sites is 1. The molecule has 0 saturated heterocycles. The molecule has 21 heavy (non-hydrogen) atoms. The summed E-state index contributed by atoms with van der Waals surface area (Å²) in [5.41, 5.74) is 5.85. The normalized spacial score (nSPS) is 12.7. The summed E-state index contributed by atoms with van der Waals surface area (Å²) in [4.78, 5) is 8.20. The van der Waals surface area contributed by atoms with Crippen LogP contribution in [0.15, 0.2) is 42.9 Å². The van der Waals surface area contributed by atoms with E-state index in [0.717, 1.165) is 28.8 Å². The van der Waals surface area contributed by atoms with Crippen LogP contribution in [-0.4, -0.2) is 19.7 Å². The molecule has 0 bridgehead atoms. The van der Waals surface area contributed by atoms with E-state index in [2.05, 4.69) is 34.5 Å². The first kappa shape index (κ1) is 13.7. The van der Waals surface area contributed by atoms with Crippen molar-refractivity contribution in [2.24, 2.45) is 5.84 Å². The highest BCUT2D eigenvalue weighted by Gasteiger charge is 2.17. The van der Waals surface area contributed by atoms with Gasteiger partial charge >= 0.3 is 0 Å². The summed E-state index contributed by atoms with van der Waals surface area (Å²) in [7, 11) is 0. The van der Waals surface area contributed by atoms with E-state index in [4.69, 9.17) is 10.9 Å². The minimum Gasteiger partial charge on any atom is -0.271 e. The SMILES string of the molecule is CCn1nc(CC(NN)c2ccncn2)c2ccccc21. The average Bonchev–Trinajstić information content (AvgIpc) is 2.91. The van der Waals surface area contributed by atoms with Gasteiger partial charge in [-0.05, 0) is 19.1 Å². The van der Waals surface area contributed by atoms with E-state index in [-0.39, 0.29) is 6.04 Å². The molecule has 0 aliphatic heterocycles. The lowest BCUT2D eigenvalue weighted by molar-refractivity contribution is 0.526. The smallest absolute Gasteiger partial charge is 0.115 e. The molecule has 3 N–H and O–H groups in total. The number of aromatic nitrogens is 4. The third-order valence-electron chi connectivity index (χ3n) is 3.59. The molecule has 0 amide bonds. The first-order valence-electron chi connectivity index (χ1n) is 7.00. The number of nitrogens with one attached hydrogen (secondary N) is 1. The van der Waals surface area contributed by atoms with Crippen LogP contribution in [0.5, 0.6) is 0 Å². The number of fused-ring (bicyclic) bond motifs is 1. The summed E-state index contributed by atoms with van der Waals surface area (Å²) < 4.78 is 2.01. The molecular formula is C15H18N6. The Kier molecular flexibility index (Phi) is 3.89.